The highest BCUT2D eigenvalue weighted by Crippen LogP contribution is 2.29. The lowest BCUT2D eigenvalue weighted by atomic mass is 10.0. The molecule has 1 aromatic heterocycles. The van der Waals surface area contributed by atoms with E-state index in [2.05, 4.69) is 10.2 Å². The Kier molecular flexibility index (Phi) is 2.07. The predicted octanol–water partition coefficient (Wildman–Crippen LogP) is 3.04. The molecule has 0 radical (unpaired) electrons. The SMILES string of the molecule is Cc1cccc(Cl)c1-c1cn[nH]c1. The summed E-state index contributed by atoms with van der Waals surface area (Å²) in [5, 5.41) is 7.44. The van der Waals surface area contributed by atoms with Crippen LogP contribution in [0, 0.1) is 6.92 Å². The van der Waals surface area contributed by atoms with Crippen molar-refractivity contribution in [2.75, 3.05) is 0 Å². The molecule has 0 saturated heterocycles. The van der Waals surface area contributed by atoms with Gasteiger partial charge in [0.05, 0.1) is 6.20 Å². The number of nitrogens with zero attached hydrogens (tertiary/aromatic N) is 1. The standard InChI is InChI=1S/C10H9ClN2/c1-7-3-2-4-9(11)10(7)8-5-12-13-6-8/h2-6H,1H3,(H,12,13). The molecule has 0 saturated carbocycles. The Hall–Kier alpha value is -1.28. The summed E-state index contributed by atoms with van der Waals surface area (Å²) in [6, 6.07) is 5.87. The van der Waals surface area contributed by atoms with E-state index in [1.165, 1.54) is 0 Å². The van der Waals surface area contributed by atoms with Gasteiger partial charge < -0.3 is 0 Å². The van der Waals surface area contributed by atoms with Gasteiger partial charge in [0.25, 0.3) is 0 Å². The molecule has 1 N–H and O–H groups in total. The molecule has 2 nitrogen and oxygen atoms in total. The largest absolute Gasteiger partial charge is 0.285 e. The highest BCUT2D eigenvalue weighted by atomic mass is 35.5. The second-order valence-electron chi connectivity index (χ2n) is 2.92. The zero-order valence-electron chi connectivity index (χ0n) is 7.21. The van der Waals surface area contributed by atoms with Crippen LogP contribution < -0.4 is 0 Å². The fourth-order valence-corrected chi connectivity index (χ4v) is 1.72. The minimum Gasteiger partial charge on any atom is -0.285 e. The minimum atomic E-state index is 0.765. The highest BCUT2D eigenvalue weighted by molar-refractivity contribution is 6.33. The summed E-state index contributed by atoms with van der Waals surface area (Å²) in [4.78, 5) is 0. The van der Waals surface area contributed by atoms with Crippen molar-refractivity contribution in [2.24, 2.45) is 0 Å². The number of hydrogen-bond acceptors (Lipinski definition) is 1. The fraction of sp³-hybridized carbons (Fsp3) is 0.100. The zero-order valence-corrected chi connectivity index (χ0v) is 7.97. The Morgan fingerprint density at radius 1 is 1.38 bits per heavy atom. The van der Waals surface area contributed by atoms with Crippen LogP contribution in [0.5, 0.6) is 0 Å². The first kappa shape index (κ1) is 8.32. The molecule has 0 unspecified atom stereocenters. The second-order valence-corrected chi connectivity index (χ2v) is 3.33. The van der Waals surface area contributed by atoms with Gasteiger partial charge in [0.1, 0.15) is 0 Å². The monoisotopic (exact) mass is 192 g/mol. The molecular formula is C10H9ClN2. The molecular weight excluding hydrogens is 184 g/mol. The Morgan fingerprint density at radius 2 is 2.23 bits per heavy atom. The molecule has 3 heteroatoms. The van der Waals surface area contributed by atoms with Crippen LogP contribution in [-0.2, 0) is 0 Å². The van der Waals surface area contributed by atoms with Gasteiger partial charge in [-0.2, -0.15) is 5.10 Å². The molecule has 0 amide bonds. The van der Waals surface area contributed by atoms with Crippen molar-refractivity contribution in [3.8, 4) is 11.1 Å². The van der Waals surface area contributed by atoms with Crippen molar-refractivity contribution in [2.45, 2.75) is 6.92 Å². The molecule has 0 fully saturated rings. The van der Waals surface area contributed by atoms with Gasteiger partial charge in [-0.25, -0.2) is 0 Å². The average Bonchev–Trinajstić information content (AvgIpc) is 2.57. The second kappa shape index (κ2) is 3.23. The normalized spacial score (nSPS) is 10.3. The number of hydrogen-bond donors (Lipinski definition) is 1. The van der Waals surface area contributed by atoms with E-state index in [9.17, 15) is 0 Å². The lowest BCUT2D eigenvalue weighted by molar-refractivity contribution is 1.09. The molecule has 1 heterocycles. The third kappa shape index (κ3) is 1.45. The maximum Gasteiger partial charge on any atom is 0.0566 e. The summed E-state index contributed by atoms with van der Waals surface area (Å²) in [6.07, 6.45) is 3.61. The molecule has 0 aliphatic rings. The Bertz CT molecular complexity index is 387. The number of benzene rings is 1. The van der Waals surface area contributed by atoms with E-state index in [-0.39, 0.29) is 0 Å². The van der Waals surface area contributed by atoms with Gasteiger partial charge >= 0.3 is 0 Å². The van der Waals surface area contributed by atoms with Crippen molar-refractivity contribution >= 4 is 11.6 Å². The van der Waals surface area contributed by atoms with Crippen LogP contribution in [0.25, 0.3) is 11.1 Å². The summed E-state index contributed by atoms with van der Waals surface area (Å²) in [5.41, 5.74) is 3.25. The number of rotatable bonds is 1. The van der Waals surface area contributed by atoms with Gasteiger partial charge in [-0.05, 0) is 18.6 Å². The Balaban J connectivity index is 2.64. The molecule has 0 aliphatic carbocycles. The lowest BCUT2D eigenvalue weighted by Crippen LogP contribution is -1.81. The summed E-state index contributed by atoms with van der Waals surface area (Å²) in [6.45, 7) is 2.04. The zero-order chi connectivity index (χ0) is 9.26. The van der Waals surface area contributed by atoms with Crippen LogP contribution in [0.2, 0.25) is 5.02 Å². The summed E-state index contributed by atoms with van der Waals surface area (Å²) in [5.74, 6) is 0. The molecule has 2 rings (SSSR count). The predicted molar refractivity (Wildman–Crippen MR) is 53.8 cm³/mol. The van der Waals surface area contributed by atoms with Crippen molar-refractivity contribution < 1.29 is 0 Å². The molecule has 13 heavy (non-hydrogen) atoms. The van der Waals surface area contributed by atoms with Crippen molar-refractivity contribution in [3.05, 3.63) is 41.2 Å². The molecule has 2 aromatic rings. The fourth-order valence-electron chi connectivity index (χ4n) is 1.39. The van der Waals surface area contributed by atoms with Crippen LogP contribution in [0.1, 0.15) is 5.56 Å². The van der Waals surface area contributed by atoms with Crippen molar-refractivity contribution in [3.63, 3.8) is 0 Å². The van der Waals surface area contributed by atoms with Crippen LogP contribution in [0.3, 0.4) is 0 Å². The highest BCUT2D eigenvalue weighted by Gasteiger charge is 2.06. The van der Waals surface area contributed by atoms with Crippen LogP contribution in [-0.4, -0.2) is 10.2 Å². The number of aromatic amines is 1. The van der Waals surface area contributed by atoms with E-state index >= 15 is 0 Å². The number of nitrogens with one attached hydrogen (secondary N) is 1. The van der Waals surface area contributed by atoms with Gasteiger partial charge in [0, 0.05) is 22.3 Å². The van der Waals surface area contributed by atoms with Crippen LogP contribution in [0.4, 0.5) is 0 Å². The maximum atomic E-state index is 6.08. The number of halogens is 1. The van der Waals surface area contributed by atoms with E-state index in [0.717, 1.165) is 21.7 Å². The van der Waals surface area contributed by atoms with E-state index in [1.54, 1.807) is 6.20 Å². The topological polar surface area (TPSA) is 28.7 Å². The third-order valence-corrected chi connectivity index (χ3v) is 2.32. The number of aromatic nitrogens is 2. The molecule has 66 valence electrons. The van der Waals surface area contributed by atoms with E-state index in [4.69, 9.17) is 11.6 Å². The Labute approximate surface area is 81.6 Å². The first-order valence-electron chi connectivity index (χ1n) is 4.03. The van der Waals surface area contributed by atoms with Gasteiger partial charge in [-0.3, -0.25) is 5.10 Å². The molecule has 0 spiro atoms. The first-order chi connectivity index (χ1) is 6.29. The first-order valence-corrected chi connectivity index (χ1v) is 4.41. The lowest BCUT2D eigenvalue weighted by Gasteiger charge is -2.04. The summed E-state index contributed by atoms with van der Waals surface area (Å²) >= 11 is 6.08. The van der Waals surface area contributed by atoms with Gasteiger partial charge in [0.2, 0.25) is 0 Å². The van der Waals surface area contributed by atoms with Gasteiger partial charge in [0.15, 0.2) is 0 Å². The summed E-state index contributed by atoms with van der Waals surface area (Å²) in [7, 11) is 0. The summed E-state index contributed by atoms with van der Waals surface area (Å²) < 4.78 is 0. The molecule has 0 aliphatic heterocycles. The minimum absolute atomic E-state index is 0.765. The van der Waals surface area contributed by atoms with Crippen LogP contribution >= 0.6 is 11.6 Å². The smallest absolute Gasteiger partial charge is 0.0566 e. The molecule has 0 atom stereocenters. The number of H-pyrrole nitrogens is 1. The van der Waals surface area contributed by atoms with E-state index < -0.39 is 0 Å². The van der Waals surface area contributed by atoms with E-state index in [1.807, 2.05) is 31.3 Å². The quantitative estimate of drug-likeness (QED) is 0.739. The third-order valence-electron chi connectivity index (χ3n) is 2.01. The van der Waals surface area contributed by atoms with Gasteiger partial charge in [-0.15, -0.1) is 0 Å². The number of aryl methyl sites for hydroxylation is 1. The van der Waals surface area contributed by atoms with Crippen LogP contribution in [0.15, 0.2) is 30.6 Å². The van der Waals surface area contributed by atoms with E-state index in [0.29, 0.717) is 0 Å². The maximum absolute atomic E-state index is 6.08. The van der Waals surface area contributed by atoms with Crippen molar-refractivity contribution in [1.82, 2.24) is 10.2 Å². The molecule has 0 bridgehead atoms. The van der Waals surface area contributed by atoms with Crippen molar-refractivity contribution in [1.29, 1.82) is 0 Å². The molecule has 1 aromatic carbocycles. The average molecular weight is 193 g/mol. The van der Waals surface area contributed by atoms with Gasteiger partial charge in [-0.1, -0.05) is 23.7 Å². The Morgan fingerprint density at radius 3 is 2.85 bits per heavy atom.